The maximum atomic E-state index is 12.6. The van der Waals surface area contributed by atoms with E-state index in [1.165, 1.54) is 42.2 Å². The van der Waals surface area contributed by atoms with Gasteiger partial charge in [-0.25, -0.2) is 0 Å². The molecule has 2 heterocycles. The van der Waals surface area contributed by atoms with Gasteiger partial charge in [-0.1, -0.05) is 54.4 Å². The fourth-order valence-electron chi connectivity index (χ4n) is 6.25. The fraction of sp³-hybridized carbons (Fsp3) is 0.441. The van der Waals surface area contributed by atoms with Crippen LogP contribution < -0.4 is 9.47 Å². The molecule has 0 bridgehead atoms. The lowest BCUT2D eigenvalue weighted by Crippen LogP contribution is -2.47. The predicted molar refractivity (Wildman–Crippen MR) is 162 cm³/mol. The topological polar surface area (TPSA) is 48.0 Å². The molecule has 0 N–H and O–H groups in total. The first-order chi connectivity index (χ1) is 19.9. The highest BCUT2D eigenvalue weighted by molar-refractivity contribution is 6.42. The number of hydrogen-bond donors (Lipinski definition) is 0. The summed E-state index contributed by atoms with van der Waals surface area (Å²) < 4.78 is 17.8. The molecule has 0 amide bonds. The fourth-order valence-corrected chi connectivity index (χ4v) is 6.56. The molecule has 3 aromatic rings. The molecule has 1 aliphatic carbocycles. The van der Waals surface area contributed by atoms with Crippen molar-refractivity contribution in [3.05, 3.63) is 92.5 Å². The third-order valence-corrected chi connectivity index (χ3v) is 9.52. The predicted octanol–water partition coefficient (Wildman–Crippen LogP) is 7.94. The minimum absolute atomic E-state index is 0.0989. The van der Waals surface area contributed by atoms with Gasteiger partial charge in [0.15, 0.2) is 0 Å². The van der Waals surface area contributed by atoms with Gasteiger partial charge in [0.25, 0.3) is 0 Å². The average Bonchev–Trinajstić information content (AvgIpc) is 3.82. The quantitative estimate of drug-likeness (QED) is 0.248. The second kappa shape index (κ2) is 12.2. The van der Waals surface area contributed by atoms with Crippen LogP contribution in [0.4, 0.5) is 0 Å². The van der Waals surface area contributed by atoms with E-state index in [9.17, 15) is 4.79 Å². The number of fused-ring (bicyclic) bond motifs is 2. The Kier molecular flexibility index (Phi) is 8.48. The molecule has 0 radical (unpaired) electrons. The Morgan fingerprint density at radius 2 is 1.78 bits per heavy atom. The van der Waals surface area contributed by atoms with Gasteiger partial charge < -0.3 is 14.2 Å². The van der Waals surface area contributed by atoms with Crippen LogP contribution in [0.25, 0.3) is 0 Å². The van der Waals surface area contributed by atoms with Crippen LogP contribution in [0.2, 0.25) is 10.0 Å². The van der Waals surface area contributed by atoms with Crippen molar-refractivity contribution in [2.24, 2.45) is 5.92 Å². The number of halogens is 2. The highest BCUT2D eigenvalue weighted by Gasteiger charge is 2.36. The smallest absolute Gasteiger partial charge is 0.323 e. The van der Waals surface area contributed by atoms with Crippen molar-refractivity contribution < 1.29 is 19.0 Å². The third kappa shape index (κ3) is 6.38. The first kappa shape index (κ1) is 28.4. The molecule has 3 aromatic carbocycles. The number of benzene rings is 3. The minimum Gasteiger partial charge on any atom is -0.493 e. The van der Waals surface area contributed by atoms with Gasteiger partial charge in [0.05, 0.1) is 23.8 Å². The first-order valence-corrected chi connectivity index (χ1v) is 15.5. The van der Waals surface area contributed by atoms with Crippen LogP contribution >= 0.6 is 23.2 Å². The highest BCUT2D eigenvalue weighted by Crippen LogP contribution is 2.39. The summed E-state index contributed by atoms with van der Waals surface area (Å²) in [6.07, 6.45) is 5.78. The van der Waals surface area contributed by atoms with E-state index >= 15 is 0 Å². The first-order valence-electron chi connectivity index (χ1n) is 14.7. The molecule has 0 spiro atoms. The summed E-state index contributed by atoms with van der Waals surface area (Å²) in [6.45, 7) is 4.52. The summed E-state index contributed by atoms with van der Waals surface area (Å²) in [5.74, 6) is 2.72. The van der Waals surface area contributed by atoms with Crippen LogP contribution in [0.5, 0.6) is 11.5 Å². The van der Waals surface area contributed by atoms with Gasteiger partial charge >= 0.3 is 5.97 Å². The van der Waals surface area contributed by atoms with Gasteiger partial charge in [-0.3, -0.25) is 9.69 Å². The Hall–Kier alpha value is -2.73. The second-order valence-corrected chi connectivity index (χ2v) is 12.5. The standard InChI is InChI=1S/C34H37Cl2NO4/c1-3-32(24-8-11-29(35)30(36)16-24)41-28-9-6-22(7-10-28)23-12-13-40-33-18-25-17-31(34(38)39-2)37(19-21-4-5-21)20-27(25)15-26(33)14-23/h6-11,15-16,18,21,23,31-32H,3-5,12-14,17,19-20H2,1-2H3/t23-,31+,32-/m1/s1. The van der Waals surface area contributed by atoms with E-state index < -0.39 is 0 Å². The highest BCUT2D eigenvalue weighted by atomic mass is 35.5. The van der Waals surface area contributed by atoms with Crippen molar-refractivity contribution in [1.82, 2.24) is 4.90 Å². The van der Waals surface area contributed by atoms with Crippen molar-refractivity contribution in [1.29, 1.82) is 0 Å². The summed E-state index contributed by atoms with van der Waals surface area (Å²) in [7, 11) is 1.49. The third-order valence-electron chi connectivity index (χ3n) is 8.78. The Morgan fingerprint density at radius 1 is 0.976 bits per heavy atom. The Bertz CT molecular complexity index is 1400. The van der Waals surface area contributed by atoms with Crippen molar-refractivity contribution in [2.75, 3.05) is 20.3 Å². The van der Waals surface area contributed by atoms with Crippen LogP contribution in [0.1, 0.15) is 72.4 Å². The van der Waals surface area contributed by atoms with E-state index in [2.05, 4.69) is 48.2 Å². The molecule has 0 unspecified atom stereocenters. The maximum Gasteiger partial charge on any atom is 0.323 e. The van der Waals surface area contributed by atoms with E-state index in [1.807, 2.05) is 18.2 Å². The largest absolute Gasteiger partial charge is 0.493 e. The van der Waals surface area contributed by atoms with E-state index in [-0.39, 0.29) is 18.1 Å². The number of ether oxygens (including phenoxy) is 3. The summed E-state index contributed by atoms with van der Waals surface area (Å²) in [5, 5.41) is 1.09. The van der Waals surface area contributed by atoms with Crippen molar-refractivity contribution >= 4 is 29.2 Å². The number of hydrogen-bond acceptors (Lipinski definition) is 5. The summed E-state index contributed by atoms with van der Waals surface area (Å²) >= 11 is 12.4. The van der Waals surface area contributed by atoms with Gasteiger partial charge in [0.2, 0.25) is 0 Å². The molecule has 1 fully saturated rings. The van der Waals surface area contributed by atoms with Crippen LogP contribution in [0, 0.1) is 5.92 Å². The Balaban J connectivity index is 1.17. The van der Waals surface area contributed by atoms with E-state index in [1.54, 1.807) is 0 Å². The number of carbonyl (C=O) groups excluding carboxylic acids is 1. The molecule has 6 rings (SSSR count). The second-order valence-electron chi connectivity index (χ2n) is 11.6. The molecule has 7 heteroatoms. The lowest BCUT2D eigenvalue weighted by molar-refractivity contribution is -0.147. The summed E-state index contributed by atoms with van der Waals surface area (Å²) in [5.41, 5.74) is 6.07. The zero-order valence-electron chi connectivity index (χ0n) is 23.7. The van der Waals surface area contributed by atoms with Crippen LogP contribution in [-0.2, 0) is 28.9 Å². The Labute approximate surface area is 252 Å². The number of rotatable bonds is 8. The van der Waals surface area contributed by atoms with Crippen LogP contribution in [0.3, 0.4) is 0 Å². The normalized spacial score (nSPS) is 21.2. The number of nitrogens with zero attached hydrogens (tertiary/aromatic N) is 1. The molecule has 41 heavy (non-hydrogen) atoms. The van der Waals surface area contributed by atoms with Gasteiger partial charge in [-0.2, -0.15) is 0 Å². The lowest BCUT2D eigenvalue weighted by Gasteiger charge is -2.35. The van der Waals surface area contributed by atoms with Crippen LogP contribution in [0.15, 0.2) is 54.6 Å². The summed E-state index contributed by atoms with van der Waals surface area (Å²) in [6, 6.07) is 18.5. The molecular weight excluding hydrogens is 557 g/mol. The zero-order chi connectivity index (χ0) is 28.5. The van der Waals surface area contributed by atoms with Crippen molar-refractivity contribution in [3.63, 3.8) is 0 Å². The molecular formula is C34H37Cl2NO4. The molecule has 0 saturated heterocycles. The van der Waals surface area contributed by atoms with Crippen LogP contribution in [-0.4, -0.2) is 37.2 Å². The SMILES string of the molecule is CC[C@@H](Oc1ccc([C@@H]2CCOc3cc4c(cc3C2)CN(CC2CC2)[C@H](C(=O)OC)C4)cc1)c1ccc(Cl)c(Cl)c1. The number of carbonyl (C=O) groups is 1. The number of esters is 1. The van der Waals surface area contributed by atoms with Crippen molar-refractivity contribution in [2.45, 2.75) is 70.1 Å². The van der Waals surface area contributed by atoms with E-state index in [4.69, 9.17) is 37.4 Å². The molecule has 5 nitrogen and oxygen atoms in total. The summed E-state index contributed by atoms with van der Waals surface area (Å²) in [4.78, 5) is 14.9. The monoisotopic (exact) mass is 593 g/mol. The zero-order valence-corrected chi connectivity index (χ0v) is 25.2. The van der Waals surface area contributed by atoms with Gasteiger partial charge in [0.1, 0.15) is 23.6 Å². The van der Waals surface area contributed by atoms with Crippen molar-refractivity contribution in [3.8, 4) is 11.5 Å². The molecule has 216 valence electrons. The average molecular weight is 595 g/mol. The maximum absolute atomic E-state index is 12.6. The number of methoxy groups -OCH3 is 1. The Morgan fingerprint density at radius 3 is 2.49 bits per heavy atom. The molecule has 1 saturated carbocycles. The molecule has 3 aliphatic rings. The molecule has 2 aliphatic heterocycles. The van der Waals surface area contributed by atoms with Gasteiger partial charge in [0, 0.05) is 13.1 Å². The van der Waals surface area contributed by atoms with E-state index in [0.29, 0.717) is 34.9 Å². The molecule has 3 atom stereocenters. The lowest BCUT2D eigenvalue weighted by atomic mass is 9.86. The molecule has 0 aromatic heterocycles. The van der Waals surface area contributed by atoms with Gasteiger partial charge in [-0.05, 0) is 109 Å². The van der Waals surface area contributed by atoms with Gasteiger partial charge in [-0.15, -0.1) is 0 Å². The minimum atomic E-state index is -0.214. The van der Waals surface area contributed by atoms with E-state index in [0.717, 1.165) is 49.4 Å².